The third-order valence-electron chi connectivity index (χ3n) is 2.79. The fraction of sp³-hybridized carbons (Fsp3) is 0.143. The Morgan fingerprint density at radius 2 is 2.10 bits per heavy atom. The Labute approximate surface area is 133 Å². The zero-order valence-electron chi connectivity index (χ0n) is 10.7. The zero-order valence-corrected chi connectivity index (χ0v) is 13.0. The molecule has 0 radical (unpaired) electrons. The van der Waals surface area contributed by atoms with Gasteiger partial charge in [-0.05, 0) is 33.6 Å². The normalized spacial score (nSPS) is 10.4. The molecule has 0 saturated carbocycles. The van der Waals surface area contributed by atoms with Crippen LogP contribution >= 0.6 is 27.5 Å². The Morgan fingerprint density at radius 3 is 2.71 bits per heavy atom. The average molecular weight is 375 g/mol. The fourth-order valence-electron chi connectivity index (χ4n) is 1.72. The molecule has 0 aliphatic heterocycles. The molecule has 0 aromatic heterocycles. The molecule has 0 N–H and O–H groups in total. The number of halogens is 3. The van der Waals surface area contributed by atoms with Crippen LogP contribution in [0.1, 0.15) is 11.1 Å². The third-order valence-corrected chi connectivity index (χ3v) is 4.01. The number of nitrogens with zero attached hydrogens (tertiary/aromatic N) is 1. The first kappa shape index (κ1) is 15.7. The number of rotatable bonds is 5. The summed E-state index contributed by atoms with van der Waals surface area (Å²) in [5, 5.41) is 10.8. The van der Waals surface area contributed by atoms with Crippen LogP contribution in [-0.2, 0) is 12.5 Å². The summed E-state index contributed by atoms with van der Waals surface area (Å²) in [5.41, 5.74) is 1.15. The summed E-state index contributed by atoms with van der Waals surface area (Å²) in [6, 6.07) is 9.04. The van der Waals surface area contributed by atoms with Gasteiger partial charge in [-0.1, -0.05) is 18.2 Å². The quantitative estimate of drug-likeness (QED) is 0.428. The maximum Gasteiger partial charge on any atom is 0.283 e. The van der Waals surface area contributed by atoms with Gasteiger partial charge in [0.2, 0.25) is 0 Å². The standard InChI is InChI=1S/C14H10BrClFNO3/c15-14-10(2-1-3-12(14)18(19)20)8-21-13-5-4-9(7-16)6-11(13)17/h1-6H,7-8H2. The zero-order chi connectivity index (χ0) is 15.4. The van der Waals surface area contributed by atoms with Crippen LogP contribution in [0.3, 0.4) is 0 Å². The number of benzene rings is 2. The highest BCUT2D eigenvalue weighted by atomic mass is 79.9. The van der Waals surface area contributed by atoms with Crippen LogP contribution in [0.2, 0.25) is 0 Å². The smallest absolute Gasteiger partial charge is 0.283 e. The molecular weight excluding hydrogens is 365 g/mol. The highest BCUT2D eigenvalue weighted by Gasteiger charge is 2.15. The fourth-order valence-corrected chi connectivity index (χ4v) is 2.41. The first-order valence-corrected chi connectivity index (χ1v) is 7.24. The average Bonchev–Trinajstić information content (AvgIpc) is 2.46. The summed E-state index contributed by atoms with van der Waals surface area (Å²) >= 11 is 8.78. The second-order valence-corrected chi connectivity index (χ2v) is 5.25. The van der Waals surface area contributed by atoms with Gasteiger partial charge in [-0.3, -0.25) is 10.1 Å². The van der Waals surface area contributed by atoms with Crippen molar-refractivity contribution < 1.29 is 14.1 Å². The summed E-state index contributed by atoms with van der Waals surface area (Å²) in [5.74, 6) is -0.231. The minimum absolute atomic E-state index is 0.0133. The van der Waals surface area contributed by atoms with Crippen molar-refractivity contribution in [3.8, 4) is 5.75 Å². The largest absolute Gasteiger partial charge is 0.486 e. The Bertz CT molecular complexity index is 681. The van der Waals surface area contributed by atoms with E-state index in [0.29, 0.717) is 15.6 Å². The van der Waals surface area contributed by atoms with Gasteiger partial charge < -0.3 is 4.74 Å². The van der Waals surface area contributed by atoms with Crippen molar-refractivity contribution in [2.75, 3.05) is 0 Å². The van der Waals surface area contributed by atoms with E-state index in [1.54, 1.807) is 18.2 Å². The van der Waals surface area contributed by atoms with Crippen LogP contribution in [-0.4, -0.2) is 4.92 Å². The Morgan fingerprint density at radius 1 is 1.33 bits per heavy atom. The molecular formula is C14H10BrClFNO3. The summed E-state index contributed by atoms with van der Waals surface area (Å²) < 4.78 is 19.4. The van der Waals surface area contributed by atoms with E-state index in [-0.39, 0.29) is 23.9 Å². The number of hydrogen-bond acceptors (Lipinski definition) is 3. The van der Waals surface area contributed by atoms with Crippen LogP contribution in [0.4, 0.5) is 10.1 Å². The van der Waals surface area contributed by atoms with Crippen molar-refractivity contribution in [3.05, 3.63) is 67.9 Å². The van der Waals surface area contributed by atoms with Gasteiger partial charge in [-0.2, -0.15) is 0 Å². The van der Waals surface area contributed by atoms with Gasteiger partial charge in [0.25, 0.3) is 5.69 Å². The number of hydrogen-bond donors (Lipinski definition) is 0. The summed E-state index contributed by atoms with van der Waals surface area (Å²) in [6.45, 7) is 0.0133. The molecule has 110 valence electrons. The van der Waals surface area contributed by atoms with E-state index >= 15 is 0 Å². The van der Waals surface area contributed by atoms with Crippen LogP contribution in [0, 0.1) is 15.9 Å². The monoisotopic (exact) mass is 373 g/mol. The number of nitro groups is 1. The summed E-state index contributed by atoms with van der Waals surface area (Å²) in [6.07, 6.45) is 0. The van der Waals surface area contributed by atoms with E-state index in [9.17, 15) is 14.5 Å². The Kier molecular flexibility index (Phi) is 5.14. The van der Waals surface area contributed by atoms with E-state index in [2.05, 4.69) is 15.9 Å². The number of alkyl halides is 1. The van der Waals surface area contributed by atoms with E-state index in [4.69, 9.17) is 16.3 Å². The predicted octanol–water partition coefficient (Wildman–Crippen LogP) is 4.81. The molecule has 2 rings (SSSR count). The minimum atomic E-state index is -0.519. The van der Waals surface area contributed by atoms with Crippen molar-refractivity contribution in [2.24, 2.45) is 0 Å². The van der Waals surface area contributed by atoms with E-state index in [1.807, 2.05) is 0 Å². The van der Waals surface area contributed by atoms with Gasteiger partial charge in [0.05, 0.1) is 4.92 Å². The van der Waals surface area contributed by atoms with Crippen LogP contribution in [0.5, 0.6) is 5.75 Å². The first-order valence-electron chi connectivity index (χ1n) is 5.92. The van der Waals surface area contributed by atoms with E-state index in [0.717, 1.165) is 0 Å². The summed E-state index contributed by atoms with van der Waals surface area (Å²) in [7, 11) is 0. The van der Waals surface area contributed by atoms with Gasteiger partial charge >= 0.3 is 0 Å². The molecule has 0 spiro atoms. The first-order chi connectivity index (χ1) is 10.0. The topological polar surface area (TPSA) is 52.4 Å². The highest BCUT2D eigenvalue weighted by Crippen LogP contribution is 2.29. The second-order valence-electron chi connectivity index (χ2n) is 4.19. The van der Waals surface area contributed by atoms with Crippen LogP contribution in [0.25, 0.3) is 0 Å². The van der Waals surface area contributed by atoms with Crippen LogP contribution < -0.4 is 4.74 Å². The summed E-state index contributed by atoms with van der Waals surface area (Å²) in [4.78, 5) is 10.3. The molecule has 0 bridgehead atoms. The molecule has 0 saturated heterocycles. The lowest BCUT2D eigenvalue weighted by atomic mass is 10.2. The van der Waals surface area contributed by atoms with Gasteiger partial charge in [-0.15, -0.1) is 11.6 Å². The molecule has 21 heavy (non-hydrogen) atoms. The van der Waals surface area contributed by atoms with E-state index in [1.165, 1.54) is 18.2 Å². The molecule has 0 unspecified atom stereocenters. The molecule has 2 aromatic carbocycles. The molecule has 7 heteroatoms. The SMILES string of the molecule is O=[N+]([O-])c1cccc(COc2ccc(CCl)cc2F)c1Br. The molecule has 0 atom stereocenters. The lowest BCUT2D eigenvalue weighted by Crippen LogP contribution is -2.00. The lowest BCUT2D eigenvalue weighted by Gasteiger charge is -2.09. The molecule has 2 aromatic rings. The number of ether oxygens (including phenoxy) is 1. The van der Waals surface area contributed by atoms with Crippen molar-refractivity contribution in [2.45, 2.75) is 12.5 Å². The molecule has 0 fully saturated rings. The van der Waals surface area contributed by atoms with Gasteiger partial charge in [0.15, 0.2) is 11.6 Å². The maximum absolute atomic E-state index is 13.7. The molecule has 0 aliphatic rings. The number of nitro benzene ring substituents is 1. The third kappa shape index (κ3) is 3.71. The Balaban J connectivity index is 2.17. The van der Waals surface area contributed by atoms with Crippen molar-refractivity contribution >= 4 is 33.2 Å². The van der Waals surface area contributed by atoms with Gasteiger partial charge in [0, 0.05) is 17.5 Å². The van der Waals surface area contributed by atoms with Crippen molar-refractivity contribution in [1.29, 1.82) is 0 Å². The lowest BCUT2D eigenvalue weighted by molar-refractivity contribution is -0.385. The molecule has 0 amide bonds. The van der Waals surface area contributed by atoms with Crippen molar-refractivity contribution in [3.63, 3.8) is 0 Å². The minimum Gasteiger partial charge on any atom is -0.486 e. The highest BCUT2D eigenvalue weighted by molar-refractivity contribution is 9.10. The maximum atomic E-state index is 13.7. The molecule has 4 nitrogen and oxygen atoms in total. The second kappa shape index (κ2) is 6.87. The molecule has 0 heterocycles. The van der Waals surface area contributed by atoms with Gasteiger partial charge in [0.1, 0.15) is 11.1 Å². The van der Waals surface area contributed by atoms with E-state index < -0.39 is 10.7 Å². The Hall–Kier alpha value is -1.66. The molecule has 0 aliphatic carbocycles. The van der Waals surface area contributed by atoms with Crippen LogP contribution in [0.15, 0.2) is 40.9 Å². The predicted molar refractivity (Wildman–Crippen MR) is 81.1 cm³/mol. The van der Waals surface area contributed by atoms with Gasteiger partial charge in [-0.25, -0.2) is 4.39 Å². The van der Waals surface area contributed by atoms with Crippen molar-refractivity contribution in [1.82, 2.24) is 0 Å².